The summed E-state index contributed by atoms with van der Waals surface area (Å²) in [5.74, 6) is -1.55. The average molecular weight is 376 g/mol. The van der Waals surface area contributed by atoms with Gasteiger partial charge in [-0.1, -0.05) is 15.9 Å². The molecule has 0 aromatic heterocycles. The molecule has 11 heteroatoms. The molecule has 0 rings (SSSR count). The zero-order valence-electron chi connectivity index (χ0n) is 9.44. The van der Waals surface area contributed by atoms with Gasteiger partial charge in [-0.05, 0) is 0 Å². The molecule has 0 aromatic carbocycles. The second kappa shape index (κ2) is 6.53. The number of sulfonamides is 1. The maximum absolute atomic E-state index is 12.2. The van der Waals surface area contributed by atoms with Crippen LogP contribution in [0.2, 0.25) is 0 Å². The third-order valence-corrected chi connectivity index (χ3v) is 5.17. The molecule has 0 bridgehead atoms. The summed E-state index contributed by atoms with van der Waals surface area (Å²) in [6, 6.07) is 0. The fraction of sp³-hybridized carbons (Fsp3) is 1.00. The molecular weight excluding hydrogens is 363 g/mol. The first-order valence-corrected chi connectivity index (χ1v) is 9.45. The van der Waals surface area contributed by atoms with Crippen LogP contribution < -0.4 is 0 Å². The number of rotatable bonds is 7. The van der Waals surface area contributed by atoms with Crippen molar-refractivity contribution < 1.29 is 30.0 Å². The summed E-state index contributed by atoms with van der Waals surface area (Å²) in [7, 11) is -7.80. The molecule has 5 nitrogen and oxygen atoms in total. The topological polar surface area (TPSA) is 71.5 Å². The predicted molar refractivity (Wildman–Crippen MR) is 64.9 cm³/mol. The van der Waals surface area contributed by atoms with E-state index >= 15 is 0 Å². The minimum Gasteiger partial charge on any atom is -0.229 e. The molecule has 0 atom stereocenters. The Hall–Kier alpha value is 0.130. The van der Waals surface area contributed by atoms with Crippen LogP contribution in [-0.4, -0.2) is 63.5 Å². The number of hydrogen-bond donors (Lipinski definition) is 0. The molecule has 0 fully saturated rings. The summed E-state index contributed by atoms with van der Waals surface area (Å²) in [6.07, 6.45) is -3.85. The van der Waals surface area contributed by atoms with Gasteiger partial charge in [0.25, 0.3) is 0 Å². The lowest BCUT2D eigenvalue weighted by atomic mass is 10.6. The van der Waals surface area contributed by atoms with Crippen molar-refractivity contribution in [3.63, 3.8) is 0 Å². The minimum atomic E-state index is -4.67. The van der Waals surface area contributed by atoms with Gasteiger partial charge in [0.2, 0.25) is 10.0 Å². The van der Waals surface area contributed by atoms with Gasteiger partial charge in [-0.15, -0.1) is 0 Å². The van der Waals surface area contributed by atoms with Crippen LogP contribution in [0.4, 0.5) is 13.2 Å². The molecule has 0 aromatic rings. The van der Waals surface area contributed by atoms with Crippen LogP contribution in [0.15, 0.2) is 0 Å². The summed E-state index contributed by atoms with van der Waals surface area (Å²) in [5.41, 5.74) is 0. The summed E-state index contributed by atoms with van der Waals surface area (Å²) in [4.78, 5) is 0. The molecule has 0 unspecified atom stereocenters. The Balaban J connectivity index is 4.88. The fourth-order valence-corrected chi connectivity index (χ4v) is 4.68. The Labute approximate surface area is 112 Å². The van der Waals surface area contributed by atoms with Crippen molar-refractivity contribution in [3.05, 3.63) is 0 Å². The van der Waals surface area contributed by atoms with Gasteiger partial charge in [0.05, 0.1) is 11.5 Å². The van der Waals surface area contributed by atoms with Crippen LogP contribution in [0.1, 0.15) is 0 Å². The molecule has 0 spiro atoms. The Morgan fingerprint density at radius 3 is 1.94 bits per heavy atom. The van der Waals surface area contributed by atoms with E-state index in [9.17, 15) is 30.0 Å². The molecular formula is C7H13BrF3NO4S2. The van der Waals surface area contributed by atoms with Crippen molar-refractivity contribution in [2.24, 2.45) is 0 Å². The highest BCUT2D eigenvalue weighted by molar-refractivity contribution is 9.09. The van der Waals surface area contributed by atoms with Crippen LogP contribution in [0, 0.1) is 0 Å². The zero-order valence-corrected chi connectivity index (χ0v) is 12.7. The molecule has 0 saturated carbocycles. The van der Waals surface area contributed by atoms with Gasteiger partial charge >= 0.3 is 6.18 Å². The highest BCUT2D eigenvalue weighted by Crippen LogP contribution is 2.19. The molecule has 0 heterocycles. The van der Waals surface area contributed by atoms with E-state index in [1.165, 1.54) is 0 Å². The lowest BCUT2D eigenvalue weighted by Gasteiger charge is -2.22. The van der Waals surface area contributed by atoms with Crippen LogP contribution in [-0.2, 0) is 19.9 Å². The standard InChI is InChI=1S/C7H13BrF3NO4S2/c1-17(13,14)4-5-18(15,16)12(3-2-8)6-7(9,10)11/h2-6H2,1H3. The number of hydrogen-bond acceptors (Lipinski definition) is 4. The molecule has 0 saturated heterocycles. The van der Waals surface area contributed by atoms with Gasteiger partial charge in [-0.2, -0.15) is 17.5 Å². The third-order valence-electron chi connectivity index (χ3n) is 1.80. The maximum Gasteiger partial charge on any atom is 0.402 e. The Morgan fingerprint density at radius 2 is 1.61 bits per heavy atom. The highest BCUT2D eigenvalue weighted by atomic mass is 79.9. The van der Waals surface area contributed by atoms with Crippen LogP contribution in [0.25, 0.3) is 0 Å². The SMILES string of the molecule is CS(=O)(=O)CCS(=O)(=O)N(CCBr)CC(F)(F)F. The van der Waals surface area contributed by atoms with Crippen molar-refractivity contribution >= 4 is 35.8 Å². The van der Waals surface area contributed by atoms with Crippen molar-refractivity contribution in [1.29, 1.82) is 0 Å². The quantitative estimate of drug-likeness (QED) is 0.611. The average Bonchev–Trinajstić information content (AvgIpc) is 2.11. The van der Waals surface area contributed by atoms with E-state index in [0.717, 1.165) is 6.26 Å². The van der Waals surface area contributed by atoms with Gasteiger partial charge in [0.1, 0.15) is 16.4 Å². The van der Waals surface area contributed by atoms with E-state index in [2.05, 4.69) is 15.9 Å². The largest absolute Gasteiger partial charge is 0.402 e. The second-order valence-electron chi connectivity index (χ2n) is 3.58. The van der Waals surface area contributed by atoms with Gasteiger partial charge in [0, 0.05) is 18.1 Å². The first kappa shape index (κ1) is 18.1. The van der Waals surface area contributed by atoms with E-state index in [-0.39, 0.29) is 16.2 Å². The molecule has 0 aliphatic heterocycles. The summed E-state index contributed by atoms with van der Waals surface area (Å²) in [6.45, 7) is -1.99. The predicted octanol–water partition coefficient (Wildman–Crippen LogP) is 0.620. The Morgan fingerprint density at radius 1 is 1.11 bits per heavy atom. The first-order valence-electron chi connectivity index (χ1n) is 4.66. The second-order valence-corrected chi connectivity index (χ2v) is 8.72. The maximum atomic E-state index is 12.2. The van der Waals surface area contributed by atoms with Gasteiger partial charge in [0.15, 0.2) is 0 Å². The fourth-order valence-electron chi connectivity index (χ4n) is 0.997. The molecule has 0 amide bonds. The van der Waals surface area contributed by atoms with Crippen molar-refractivity contribution in [1.82, 2.24) is 4.31 Å². The van der Waals surface area contributed by atoms with E-state index in [4.69, 9.17) is 0 Å². The third kappa shape index (κ3) is 8.27. The number of halogens is 4. The van der Waals surface area contributed by atoms with E-state index in [0.29, 0.717) is 0 Å². The zero-order chi connectivity index (χ0) is 14.6. The van der Waals surface area contributed by atoms with Gasteiger partial charge in [-0.3, -0.25) is 0 Å². The first-order chi connectivity index (χ1) is 7.87. The smallest absolute Gasteiger partial charge is 0.229 e. The van der Waals surface area contributed by atoms with Gasteiger partial charge in [-0.25, -0.2) is 16.8 Å². The van der Waals surface area contributed by atoms with Crippen LogP contribution >= 0.6 is 15.9 Å². The van der Waals surface area contributed by atoms with Crippen molar-refractivity contribution in [2.45, 2.75) is 6.18 Å². The Bertz CT molecular complexity index is 460. The van der Waals surface area contributed by atoms with E-state index in [1.54, 1.807) is 0 Å². The molecule has 0 aliphatic rings. The number of alkyl halides is 4. The lowest BCUT2D eigenvalue weighted by Crippen LogP contribution is -2.42. The van der Waals surface area contributed by atoms with Gasteiger partial charge < -0.3 is 0 Å². The highest BCUT2D eigenvalue weighted by Gasteiger charge is 2.36. The molecule has 110 valence electrons. The van der Waals surface area contributed by atoms with E-state index < -0.39 is 44.1 Å². The summed E-state index contributed by atoms with van der Waals surface area (Å²) < 4.78 is 81.6. The molecule has 0 aliphatic carbocycles. The minimum absolute atomic E-state index is 0.0290. The van der Waals surface area contributed by atoms with Crippen molar-refractivity contribution in [2.75, 3.05) is 36.2 Å². The van der Waals surface area contributed by atoms with E-state index in [1.807, 2.05) is 0 Å². The number of nitrogens with zero attached hydrogens (tertiary/aromatic N) is 1. The normalized spacial score (nSPS) is 14.1. The Kier molecular flexibility index (Phi) is 6.57. The monoisotopic (exact) mass is 375 g/mol. The molecule has 0 radical (unpaired) electrons. The molecule has 0 N–H and O–H groups in total. The van der Waals surface area contributed by atoms with Crippen LogP contribution in [0.5, 0.6) is 0 Å². The summed E-state index contributed by atoms with van der Waals surface area (Å²) >= 11 is 2.85. The molecule has 18 heavy (non-hydrogen) atoms. The van der Waals surface area contributed by atoms with Crippen molar-refractivity contribution in [3.8, 4) is 0 Å². The lowest BCUT2D eigenvalue weighted by molar-refractivity contribution is -0.135. The van der Waals surface area contributed by atoms with Crippen LogP contribution in [0.3, 0.4) is 0 Å². The summed E-state index contributed by atoms with van der Waals surface area (Å²) in [5, 5.41) is 0.0290. The number of sulfone groups is 1.